The van der Waals surface area contributed by atoms with Crippen molar-refractivity contribution in [3.8, 4) is 0 Å². The number of likely N-dealkylation sites (tertiary alicyclic amines) is 1. The molecule has 0 aliphatic carbocycles. The summed E-state index contributed by atoms with van der Waals surface area (Å²) in [5, 5.41) is 3.39. The van der Waals surface area contributed by atoms with Crippen molar-refractivity contribution in [1.82, 2.24) is 14.5 Å². The van der Waals surface area contributed by atoms with Crippen LogP contribution in [0.15, 0.2) is 29.2 Å². The summed E-state index contributed by atoms with van der Waals surface area (Å²) in [7, 11) is -3.45. The minimum absolute atomic E-state index is 0.0518. The van der Waals surface area contributed by atoms with Crippen molar-refractivity contribution in [3.63, 3.8) is 0 Å². The van der Waals surface area contributed by atoms with Gasteiger partial charge in [0.05, 0.1) is 10.9 Å². The second kappa shape index (κ2) is 10.5. The minimum Gasteiger partial charge on any atom is -0.338 e. The predicted molar refractivity (Wildman–Crippen MR) is 117 cm³/mol. The third-order valence-corrected chi connectivity index (χ3v) is 8.04. The van der Waals surface area contributed by atoms with E-state index in [2.05, 4.69) is 12.2 Å². The highest BCUT2D eigenvalue weighted by molar-refractivity contribution is 7.89. The quantitative estimate of drug-likeness (QED) is 0.659. The van der Waals surface area contributed by atoms with E-state index in [9.17, 15) is 13.2 Å². The lowest BCUT2D eigenvalue weighted by Gasteiger charge is -2.37. The summed E-state index contributed by atoms with van der Waals surface area (Å²) in [4.78, 5) is 15.3. The molecule has 6 nitrogen and oxygen atoms in total. The average molecular weight is 424 g/mol. The van der Waals surface area contributed by atoms with Crippen LogP contribution in [0.4, 0.5) is 0 Å². The molecule has 0 spiro atoms. The van der Waals surface area contributed by atoms with Crippen LogP contribution >= 0.6 is 0 Å². The molecule has 0 aromatic heterocycles. The number of sulfonamides is 1. The number of benzene rings is 1. The molecule has 164 valence electrons. The molecular formula is C22H37N3O3S. The molecule has 3 atom stereocenters. The fourth-order valence-corrected chi connectivity index (χ4v) is 5.61. The van der Waals surface area contributed by atoms with Crippen LogP contribution in [-0.2, 0) is 14.8 Å². The molecule has 1 aliphatic heterocycles. The Morgan fingerprint density at radius 1 is 1.14 bits per heavy atom. The summed E-state index contributed by atoms with van der Waals surface area (Å²) in [5.41, 5.74) is 0.967. The Labute approximate surface area is 176 Å². The molecular weight excluding hydrogens is 386 g/mol. The first-order valence-corrected chi connectivity index (χ1v) is 12.4. The number of hydrogen-bond acceptors (Lipinski definition) is 4. The van der Waals surface area contributed by atoms with Gasteiger partial charge in [-0.3, -0.25) is 10.1 Å². The molecule has 1 aromatic rings. The number of nitrogens with one attached hydrogen (secondary N) is 1. The Hall–Kier alpha value is -1.44. The molecule has 1 aromatic carbocycles. The number of nitrogens with zero attached hydrogens (tertiary/aromatic N) is 2. The third-order valence-electron chi connectivity index (χ3n) is 5.98. The van der Waals surface area contributed by atoms with Crippen LogP contribution in [0.3, 0.4) is 0 Å². The van der Waals surface area contributed by atoms with Gasteiger partial charge in [0.25, 0.3) is 0 Å². The fraction of sp³-hybridized carbons (Fsp3) is 0.682. The molecule has 29 heavy (non-hydrogen) atoms. The predicted octanol–water partition coefficient (Wildman–Crippen LogP) is 3.55. The molecule has 1 heterocycles. The standard InChI is InChI=1S/C22H37N3O3S/c1-6-20-11-9-10-16-25(20)22(26)18(5)23-17(4)19-12-14-21(15-13-19)29(27,28)24(7-2)8-3/h12-15,17-18,20,23H,6-11,16H2,1-5H3. The number of amides is 1. The molecule has 1 N–H and O–H groups in total. The largest absolute Gasteiger partial charge is 0.338 e. The maximum Gasteiger partial charge on any atom is 0.243 e. The van der Waals surface area contributed by atoms with Crippen LogP contribution in [0, 0.1) is 0 Å². The maximum absolute atomic E-state index is 12.9. The SMILES string of the molecule is CCC1CCCCN1C(=O)C(C)NC(C)c1ccc(S(=O)(=O)N(CC)CC)cc1. The molecule has 0 bridgehead atoms. The van der Waals surface area contributed by atoms with Crippen LogP contribution in [0.1, 0.15) is 71.9 Å². The molecule has 1 saturated heterocycles. The van der Waals surface area contributed by atoms with Crippen molar-refractivity contribution in [2.75, 3.05) is 19.6 Å². The van der Waals surface area contributed by atoms with Gasteiger partial charge in [0.15, 0.2) is 0 Å². The number of piperidine rings is 1. The van der Waals surface area contributed by atoms with Gasteiger partial charge < -0.3 is 4.90 Å². The molecule has 2 rings (SSSR count). The number of rotatable bonds is 9. The van der Waals surface area contributed by atoms with E-state index in [0.717, 1.165) is 31.4 Å². The van der Waals surface area contributed by atoms with Crippen LogP contribution in [0.2, 0.25) is 0 Å². The van der Waals surface area contributed by atoms with E-state index in [1.807, 2.05) is 44.7 Å². The first kappa shape index (κ1) is 23.8. The Bertz CT molecular complexity index is 760. The van der Waals surface area contributed by atoms with E-state index in [1.165, 1.54) is 10.7 Å². The lowest BCUT2D eigenvalue weighted by Crippen LogP contribution is -2.51. The highest BCUT2D eigenvalue weighted by atomic mass is 32.2. The molecule has 0 saturated carbocycles. The number of hydrogen-bond donors (Lipinski definition) is 1. The molecule has 1 amide bonds. The molecule has 1 fully saturated rings. The smallest absolute Gasteiger partial charge is 0.243 e. The van der Waals surface area contributed by atoms with E-state index in [1.54, 1.807) is 12.1 Å². The Morgan fingerprint density at radius 3 is 2.31 bits per heavy atom. The van der Waals surface area contributed by atoms with Gasteiger partial charge in [-0.25, -0.2) is 8.42 Å². The van der Waals surface area contributed by atoms with Crippen molar-refractivity contribution < 1.29 is 13.2 Å². The van der Waals surface area contributed by atoms with Gasteiger partial charge in [0.2, 0.25) is 15.9 Å². The van der Waals surface area contributed by atoms with Gasteiger partial charge in [0, 0.05) is 31.7 Å². The lowest BCUT2D eigenvalue weighted by molar-refractivity contribution is -0.137. The van der Waals surface area contributed by atoms with Crippen LogP contribution < -0.4 is 5.32 Å². The molecule has 1 aliphatic rings. The molecule has 7 heteroatoms. The van der Waals surface area contributed by atoms with Gasteiger partial charge in [-0.05, 0) is 57.2 Å². The van der Waals surface area contributed by atoms with E-state index in [4.69, 9.17) is 0 Å². The van der Waals surface area contributed by atoms with Crippen LogP contribution in [0.25, 0.3) is 0 Å². The minimum atomic E-state index is -3.45. The van der Waals surface area contributed by atoms with Gasteiger partial charge in [-0.2, -0.15) is 4.31 Å². The van der Waals surface area contributed by atoms with Crippen LogP contribution in [-0.4, -0.2) is 55.2 Å². The Kier molecular flexibility index (Phi) is 8.67. The van der Waals surface area contributed by atoms with Crippen molar-refractivity contribution in [1.29, 1.82) is 0 Å². The zero-order chi connectivity index (χ0) is 21.6. The summed E-state index contributed by atoms with van der Waals surface area (Å²) < 4.78 is 26.7. The van der Waals surface area contributed by atoms with E-state index in [-0.39, 0.29) is 18.0 Å². The van der Waals surface area contributed by atoms with Gasteiger partial charge in [-0.15, -0.1) is 0 Å². The average Bonchev–Trinajstić information content (AvgIpc) is 2.73. The van der Waals surface area contributed by atoms with Gasteiger partial charge in [0.1, 0.15) is 0 Å². The van der Waals surface area contributed by atoms with E-state index < -0.39 is 10.0 Å². The maximum atomic E-state index is 12.9. The monoisotopic (exact) mass is 423 g/mol. The Morgan fingerprint density at radius 2 is 1.76 bits per heavy atom. The zero-order valence-electron chi connectivity index (χ0n) is 18.5. The second-order valence-corrected chi connectivity index (χ2v) is 9.80. The lowest BCUT2D eigenvalue weighted by atomic mass is 9.99. The van der Waals surface area contributed by atoms with Gasteiger partial charge >= 0.3 is 0 Å². The number of carbonyl (C=O) groups excluding carboxylic acids is 1. The molecule has 3 unspecified atom stereocenters. The van der Waals surface area contributed by atoms with E-state index in [0.29, 0.717) is 24.0 Å². The topological polar surface area (TPSA) is 69.7 Å². The highest BCUT2D eigenvalue weighted by Crippen LogP contribution is 2.22. The van der Waals surface area contributed by atoms with Crippen molar-refractivity contribution in [2.24, 2.45) is 0 Å². The summed E-state index contributed by atoms with van der Waals surface area (Å²) in [6.45, 7) is 11.5. The second-order valence-electron chi connectivity index (χ2n) is 7.86. The summed E-state index contributed by atoms with van der Waals surface area (Å²) in [6.07, 6.45) is 4.36. The normalized spacial score (nSPS) is 19.9. The summed E-state index contributed by atoms with van der Waals surface area (Å²) in [5.74, 6) is 0.157. The zero-order valence-corrected chi connectivity index (χ0v) is 19.3. The highest BCUT2D eigenvalue weighted by Gasteiger charge is 2.29. The third kappa shape index (κ3) is 5.58. The van der Waals surface area contributed by atoms with Crippen molar-refractivity contribution >= 4 is 15.9 Å². The van der Waals surface area contributed by atoms with Crippen molar-refractivity contribution in [2.45, 2.75) is 83.3 Å². The first-order chi connectivity index (χ1) is 13.8. The molecule has 0 radical (unpaired) electrons. The Balaban J connectivity index is 2.05. The van der Waals surface area contributed by atoms with E-state index >= 15 is 0 Å². The van der Waals surface area contributed by atoms with Gasteiger partial charge in [-0.1, -0.05) is 32.9 Å². The fourth-order valence-electron chi connectivity index (χ4n) is 4.15. The first-order valence-electron chi connectivity index (χ1n) is 10.9. The summed E-state index contributed by atoms with van der Waals surface area (Å²) >= 11 is 0. The van der Waals surface area contributed by atoms with Crippen molar-refractivity contribution in [3.05, 3.63) is 29.8 Å². The van der Waals surface area contributed by atoms with Crippen LogP contribution in [0.5, 0.6) is 0 Å². The number of carbonyl (C=O) groups is 1. The summed E-state index contributed by atoms with van der Waals surface area (Å²) in [6, 6.07) is 7.00.